The Labute approximate surface area is 134 Å². The van der Waals surface area contributed by atoms with Gasteiger partial charge in [0.2, 0.25) is 0 Å². The molecule has 5 heteroatoms. The molecule has 114 valence electrons. The second-order valence-corrected chi connectivity index (χ2v) is 6.95. The van der Waals surface area contributed by atoms with Gasteiger partial charge in [-0.3, -0.25) is 0 Å². The molecule has 0 aromatic heterocycles. The van der Waals surface area contributed by atoms with Crippen molar-refractivity contribution >= 4 is 27.5 Å². The lowest BCUT2D eigenvalue weighted by Crippen LogP contribution is -2.46. The number of oxime groups is 1. The Balaban J connectivity index is 1.87. The van der Waals surface area contributed by atoms with Gasteiger partial charge in [0.15, 0.2) is 5.84 Å². The highest BCUT2D eigenvalue weighted by Crippen LogP contribution is 2.38. The fourth-order valence-electron chi connectivity index (χ4n) is 3.89. The van der Waals surface area contributed by atoms with Crippen molar-refractivity contribution in [3.05, 3.63) is 28.2 Å². The molecule has 1 aliphatic heterocycles. The van der Waals surface area contributed by atoms with E-state index in [4.69, 9.17) is 10.9 Å². The van der Waals surface area contributed by atoms with Crippen LogP contribution in [0.25, 0.3) is 0 Å². The third-order valence-electron chi connectivity index (χ3n) is 4.91. The molecule has 4 nitrogen and oxygen atoms in total. The lowest BCUT2D eigenvalue weighted by Gasteiger charge is -2.45. The first-order valence-corrected chi connectivity index (χ1v) is 8.54. The first kappa shape index (κ1) is 14.7. The molecule has 2 aliphatic rings. The first-order chi connectivity index (χ1) is 10.2. The standard InChI is InChI=1S/C16H22BrN3O/c17-14-10-12(7-8-13(14)16(18)19-21)20-9-3-5-11-4-1-2-6-15(11)20/h7-8,10-11,15,21H,1-6,9H2,(H2,18,19)/t11-,15-/m1/s1. The average molecular weight is 352 g/mol. The number of hydrogen-bond acceptors (Lipinski definition) is 3. The Kier molecular flexibility index (Phi) is 4.38. The summed E-state index contributed by atoms with van der Waals surface area (Å²) in [4.78, 5) is 2.56. The van der Waals surface area contributed by atoms with Gasteiger partial charge in [-0.05, 0) is 65.7 Å². The number of nitrogens with two attached hydrogens (primary N) is 1. The van der Waals surface area contributed by atoms with Crippen molar-refractivity contribution in [2.75, 3.05) is 11.4 Å². The number of halogens is 1. The predicted octanol–water partition coefficient (Wildman–Crippen LogP) is 3.70. The molecule has 21 heavy (non-hydrogen) atoms. The van der Waals surface area contributed by atoms with Crippen LogP contribution in [0.3, 0.4) is 0 Å². The van der Waals surface area contributed by atoms with E-state index in [9.17, 15) is 0 Å². The number of benzene rings is 1. The van der Waals surface area contributed by atoms with Gasteiger partial charge >= 0.3 is 0 Å². The van der Waals surface area contributed by atoms with Crippen molar-refractivity contribution in [1.29, 1.82) is 0 Å². The summed E-state index contributed by atoms with van der Waals surface area (Å²) in [6, 6.07) is 6.81. The number of nitrogens with zero attached hydrogens (tertiary/aromatic N) is 2. The number of fused-ring (bicyclic) bond motifs is 1. The molecule has 0 unspecified atom stereocenters. The fourth-order valence-corrected chi connectivity index (χ4v) is 4.46. The minimum absolute atomic E-state index is 0.141. The van der Waals surface area contributed by atoms with Gasteiger partial charge in [0.05, 0.1) is 0 Å². The molecule has 1 aliphatic carbocycles. The van der Waals surface area contributed by atoms with Crippen LogP contribution < -0.4 is 10.6 Å². The van der Waals surface area contributed by atoms with Crippen molar-refractivity contribution in [2.45, 2.75) is 44.6 Å². The highest BCUT2D eigenvalue weighted by atomic mass is 79.9. The topological polar surface area (TPSA) is 61.9 Å². The van der Waals surface area contributed by atoms with Gasteiger partial charge in [0.25, 0.3) is 0 Å². The summed E-state index contributed by atoms with van der Waals surface area (Å²) in [6.07, 6.45) is 8.09. The maximum atomic E-state index is 8.82. The molecule has 0 amide bonds. The lowest BCUT2D eigenvalue weighted by atomic mass is 9.78. The van der Waals surface area contributed by atoms with E-state index in [1.807, 2.05) is 6.07 Å². The molecule has 2 atom stereocenters. The van der Waals surface area contributed by atoms with E-state index in [1.54, 1.807) is 0 Å². The third kappa shape index (κ3) is 2.89. The summed E-state index contributed by atoms with van der Waals surface area (Å²) in [5, 5.41) is 11.9. The van der Waals surface area contributed by atoms with Gasteiger partial charge in [0.1, 0.15) is 0 Å². The van der Waals surface area contributed by atoms with Crippen LogP contribution in [0.5, 0.6) is 0 Å². The van der Waals surface area contributed by atoms with Crippen LogP contribution in [0.2, 0.25) is 0 Å². The molecule has 1 heterocycles. The van der Waals surface area contributed by atoms with E-state index in [0.29, 0.717) is 6.04 Å². The van der Waals surface area contributed by atoms with Crippen LogP contribution in [0.4, 0.5) is 5.69 Å². The average Bonchev–Trinajstić information content (AvgIpc) is 2.53. The summed E-state index contributed by atoms with van der Waals surface area (Å²) in [5.74, 6) is 0.998. The SMILES string of the molecule is N/C(=N/O)c1ccc(N2CCC[C@H]3CCCC[C@H]32)cc1Br. The number of amidine groups is 1. The zero-order valence-corrected chi connectivity index (χ0v) is 13.7. The van der Waals surface area contributed by atoms with E-state index >= 15 is 0 Å². The quantitative estimate of drug-likeness (QED) is 0.369. The van der Waals surface area contributed by atoms with Crippen molar-refractivity contribution in [3.63, 3.8) is 0 Å². The molecule has 0 spiro atoms. The van der Waals surface area contributed by atoms with Crippen LogP contribution in [-0.2, 0) is 0 Å². The fraction of sp³-hybridized carbons (Fsp3) is 0.562. The molecule has 3 rings (SSSR count). The summed E-state index contributed by atoms with van der Waals surface area (Å²) in [6.45, 7) is 1.14. The van der Waals surface area contributed by atoms with E-state index in [2.05, 4.69) is 38.1 Å². The van der Waals surface area contributed by atoms with Crippen LogP contribution in [-0.4, -0.2) is 23.6 Å². The zero-order valence-electron chi connectivity index (χ0n) is 12.1. The monoisotopic (exact) mass is 351 g/mol. The van der Waals surface area contributed by atoms with Crippen molar-refractivity contribution < 1.29 is 5.21 Å². The minimum Gasteiger partial charge on any atom is -0.409 e. The number of rotatable bonds is 2. The molecule has 1 aromatic carbocycles. The normalized spacial score (nSPS) is 26.5. The zero-order chi connectivity index (χ0) is 14.8. The second kappa shape index (κ2) is 6.26. The molecule has 0 bridgehead atoms. The van der Waals surface area contributed by atoms with Crippen molar-refractivity contribution in [1.82, 2.24) is 0 Å². The van der Waals surface area contributed by atoms with E-state index in [-0.39, 0.29) is 5.84 Å². The van der Waals surface area contributed by atoms with Gasteiger partial charge in [-0.2, -0.15) is 0 Å². The van der Waals surface area contributed by atoms with Crippen LogP contribution in [0.1, 0.15) is 44.1 Å². The minimum atomic E-state index is 0.141. The van der Waals surface area contributed by atoms with Crippen molar-refractivity contribution in [3.8, 4) is 0 Å². The highest BCUT2D eigenvalue weighted by Gasteiger charge is 2.33. The third-order valence-corrected chi connectivity index (χ3v) is 5.57. The lowest BCUT2D eigenvalue weighted by molar-refractivity contribution is 0.244. The van der Waals surface area contributed by atoms with Crippen LogP contribution in [0, 0.1) is 5.92 Å². The van der Waals surface area contributed by atoms with Gasteiger partial charge in [-0.1, -0.05) is 18.0 Å². The van der Waals surface area contributed by atoms with E-state index in [0.717, 1.165) is 22.5 Å². The second-order valence-electron chi connectivity index (χ2n) is 6.10. The summed E-state index contributed by atoms with van der Waals surface area (Å²) in [5.41, 5.74) is 7.66. The maximum Gasteiger partial charge on any atom is 0.171 e. The van der Waals surface area contributed by atoms with E-state index < -0.39 is 0 Å². The molecular formula is C16H22BrN3O. The molecule has 1 saturated carbocycles. The number of hydrogen-bond donors (Lipinski definition) is 2. The number of anilines is 1. The Hall–Kier alpha value is -1.23. The van der Waals surface area contributed by atoms with Gasteiger partial charge in [-0.25, -0.2) is 0 Å². The van der Waals surface area contributed by atoms with Gasteiger partial charge < -0.3 is 15.8 Å². The summed E-state index contributed by atoms with van der Waals surface area (Å²) >= 11 is 3.54. The highest BCUT2D eigenvalue weighted by molar-refractivity contribution is 9.10. The predicted molar refractivity (Wildman–Crippen MR) is 89.0 cm³/mol. The number of piperidine rings is 1. The summed E-state index contributed by atoms with van der Waals surface area (Å²) < 4.78 is 0.883. The Morgan fingerprint density at radius 1 is 1.24 bits per heavy atom. The molecular weight excluding hydrogens is 330 g/mol. The van der Waals surface area contributed by atoms with Crippen LogP contribution in [0.15, 0.2) is 27.8 Å². The Bertz CT molecular complexity index is 544. The van der Waals surface area contributed by atoms with Crippen molar-refractivity contribution in [2.24, 2.45) is 16.8 Å². The smallest absolute Gasteiger partial charge is 0.171 e. The molecule has 1 aromatic rings. The molecule has 2 fully saturated rings. The molecule has 1 saturated heterocycles. The Morgan fingerprint density at radius 3 is 2.76 bits per heavy atom. The van der Waals surface area contributed by atoms with Crippen LogP contribution >= 0.6 is 15.9 Å². The molecule has 0 radical (unpaired) electrons. The van der Waals surface area contributed by atoms with Gasteiger partial charge in [0, 0.05) is 28.3 Å². The van der Waals surface area contributed by atoms with E-state index in [1.165, 1.54) is 44.2 Å². The van der Waals surface area contributed by atoms with Gasteiger partial charge in [-0.15, -0.1) is 0 Å². The molecule has 3 N–H and O–H groups in total. The summed E-state index contributed by atoms with van der Waals surface area (Å²) in [7, 11) is 0. The largest absolute Gasteiger partial charge is 0.409 e. The first-order valence-electron chi connectivity index (χ1n) is 7.75. The maximum absolute atomic E-state index is 8.82. The Morgan fingerprint density at radius 2 is 2.00 bits per heavy atom.